The molecule has 0 spiro atoms. The lowest BCUT2D eigenvalue weighted by atomic mass is 10.1. The maximum Gasteiger partial charge on any atom is 0.254 e. The second kappa shape index (κ2) is 8.67. The first-order valence-corrected chi connectivity index (χ1v) is 6.92. The highest BCUT2D eigenvalue weighted by Gasteiger charge is 2.17. The smallest absolute Gasteiger partial charge is 0.254 e. The van der Waals surface area contributed by atoms with Crippen LogP contribution in [0.25, 0.3) is 0 Å². The summed E-state index contributed by atoms with van der Waals surface area (Å²) in [5.74, 6) is 0.101. The third-order valence-electron chi connectivity index (χ3n) is 2.88. The topological polar surface area (TPSA) is 41.6 Å². The van der Waals surface area contributed by atoms with E-state index >= 15 is 0 Å². The number of benzene rings is 1. The van der Waals surface area contributed by atoms with Crippen molar-refractivity contribution in [3.63, 3.8) is 0 Å². The number of nitrogens with one attached hydrogen (secondary N) is 1. The zero-order valence-electron chi connectivity index (χ0n) is 12.1. The Bertz CT molecular complexity index is 370. The quantitative estimate of drug-likeness (QED) is 0.906. The maximum absolute atomic E-state index is 12.1. The van der Waals surface area contributed by atoms with Crippen molar-refractivity contribution in [2.24, 2.45) is 0 Å². The normalized spacial score (nSPS) is 14.6. The third-order valence-corrected chi connectivity index (χ3v) is 2.88. The lowest BCUT2D eigenvalue weighted by Gasteiger charge is -2.26. The van der Waals surface area contributed by atoms with Gasteiger partial charge in [-0.05, 0) is 24.7 Å². The van der Waals surface area contributed by atoms with Gasteiger partial charge >= 0.3 is 0 Å². The number of amides is 1. The van der Waals surface area contributed by atoms with E-state index in [0.717, 1.165) is 12.1 Å². The number of morpholine rings is 1. The summed E-state index contributed by atoms with van der Waals surface area (Å²) in [6.45, 7) is 7.49. The van der Waals surface area contributed by atoms with Crippen LogP contribution in [-0.2, 0) is 11.3 Å². The van der Waals surface area contributed by atoms with E-state index in [1.165, 1.54) is 5.56 Å². The van der Waals surface area contributed by atoms with Crippen LogP contribution in [-0.4, -0.2) is 44.2 Å². The SMILES string of the molecule is CC.CNCc1ccc(C(=O)N2CCOCC2)cc1. The minimum absolute atomic E-state index is 0.101. The van der Waals surface area contributed by atoms with Crippen LogP contribution in [0, 0.1) is 0 Å². The molecule has 2 rings (SSSR count). The van der Waals surface area contributed by atoms with Crippen LogP contribution in [0.3, 0.4) is 0 Å². The van der Waals surface area contributed by atoms with Gasteiger partial charge in [-0.2, -0.15) is 0 Å². The molecule has 1 aromatic carbocycles. The molecule has 4 heteroatoms. The summed E-state index contributed by atoms with van der Waals surface area (Å²) in [7, 11) is 1.91. The third kappa shape index (κ3) is 4.65. The van der Waals surface area contributed by atoms with Crippen LogP contribution in [0.5, 0.6) is 0 Å². The molecular formula is C15H24N2O2. The summed E-state index contributed by atoms with van der Waals surface area (Å²) >= 11 is 0. The van der Waals surface area contributed by atoms with E-state index in [1.807, 2.05) is 50.1 Å². The van der Waals surface area contributed by atoms with Gasteiger partial charge in [0.1, 0.15) is 0 Å². The monoisotopic (exact) mass is 264 g/mol. The molecule has 1 N–H and O–H groups in total. The minimum Gasteiger partial charge on any atom is -0.378 e. The number of rotatable bonds is 3. The van der Waals surface area contributed by atoms with Crippen molar-refractivity contribution in [2.75, 3.05) is 33.4 Å². The van der Waals surface area contributed by atoms with Gasteiger partial charge in [0, 0.05) is 25.2 Å². The molecule has 0 aliphatic carbocycles. The maximum atomic E-state index is 12.1. The zero-order valence-corrected chi connectivity index (χ0v) is 12.1. The molecule has 1 heterocycles. The molecule has 19 heavy (non-hydrogen) atoms. The summed E-state index contributed by atoms with van der Waals surface area (Å²) in [5, 5.41) is 3.08. The van der Waals surface area contributed by atoms with E-state index in [2.05, 4.69) is 5.32 Å². The molecular weight excluding hydrogens is 240 g/mol. The van der Waals surface area contributed by atoms with Crippen LogP contribution >= 0.6 is 0 Å². The molecule has 0 bridgehead atoms. The number of hydrogen-bond acceptors (Lipinski definition) is 3. The molecule has 1 amide bonds. The average Bonchev–Trinajstić information content (AvgIpc) is 2.51. The van der Waals surface area contributed by atoms with Crippen LogP contribution in [0.2, 0.25) is 0 Å². The van der Waals surface area contributed by atoms with Crippen molar-refractivity contribution in [1.82, 2.24) is 10.2 Å². The van der Waals surface area contributed by atoms with E-state index in [1.54, 1.807) is 0 Å². The van der Waals surface area contributed by atoms with Crippen molar-refractivity contribution in [3.8, 4) is 0 Å². The van der Waals surface area contributed by atoms with Gasteiger partial charge in [-0.3, -0.25) is 4.79 Å². The number of hydrogen-bond donors (Lipinski definition) is 1. The first-order chi connectivity index (χ1) is 9.31. The molecule has 1 fully saturated rings. The highest BCUT2D eigenvalue weighted by Crippen LogP contribution is 2.09. The fourth-order valence-corrected chi connectivity index (χ4v) is 1.92. The molecule has 0 radical (unpaired) electrons. The lowest BCUT2D eigenvalue weighted by Crippen LogP contribution is -2.40. The molecule has 0 aromatic heterocycles. The predicted molar refractivity (Wildman–Crippen MR) is 77.3 cm³/mol. The summed E-state index contributed by atoms with van der Waals surface area (Å²) in [4.78, 5) is 14.0. The van der Waals surface area contributed by atoms with Crippen molar-refractivity contribution in [1.29, 1.82) is 0 Å². The molecule has 1 saturated heterocycles. The Kier molecular flexibility index (Phi) is 7.15. The Morgan fingerprint density at radius 2 is 1.79 bits per heavy atom. The summed E-state index contributed by atoms with van der Waals surface area (Å²) in [6, 6.07) is 7.77. The highest BCUT2D eigenvalue weighted by molar-refractivity contribution is 5.94. The first-order valence-electron chi connectivity index (χ1n) is 6.92. The lowest BCUT2D eigenvalue weighted by molar-refractivity contribution is 0.0303. The van der Waals surface area contributed by atoms with Crippen molar-refractivity contribution in [3.05, 3.63) is 35.4 Å². The number of nitrogens with zero attached hydrogens (tertiary/aromatic N) is 1. The van der Waals surface area contributed by atoms with Gasteiger partial charge in [-0.1, -0.05) is 26.0 Å². The molecule has 0 unspecified atom stereocenters. The van der Waals surface area contributed by atoms with Gasteiger partial charge in [-0.25, -0.2) is 0 Å². The van der Waals surface area contributed by atoms with Crippen LogP contribution in [0.4, 0.5) is 0 Å². The molecule has 1 aliphatic heterocycles. The zero-order chi connectivity index (χ0) is 14.1. The first kappa shape index (κ1) is 15.7. The van der Waals surface area contributed by atoms with E-state index in [9.17, 15) is 4.79 Å². The standard InChI is InChI=1S/C13H18N2O2.C2H6/c1-14-10-11-2-4-12(5-3-11)13(16)15-6-8-17-9-7-15;1-2/h2-5,14H,6-10H2,1H3;1-2H3. The van der Waals surface area contributed by atoms with E-state index in [4.69, 9.17) is 4.74 Å². The Morgan fingerprint density at radius 1 is 1.21 bits per heavy atom. The Labute approximate surface area is 115 Å². The Morgan fingerprint density at radius 3 is 2.32 bits per heavy atom. The number of carbonyl (C=O) groups is 1. The van der Waals surface area contributed by atoms with Crippen molar-refractivity contribution >= 4 is 5.91 Å². The Balaban J connectivity index is 0.000000861. The van der Waals surface area contributed by atoms with E-state index < -0.39 is 0 Å². The minimum atomic E-state index is 0.101. The van der Waals surface area contributed by atoms with Gasteiger partial charge in [0.25, 0.3) is 5.91 Å². The summed E-state index contributed by atoms with van der Waals surface area (Å²) in [6.07, 6.45) is 0. The van der Waals surface area contributed by atoms with Gasteiger partial charge in [0.2, 0.25) is 0 Å². The average molecular weight is 264 g/mol. The highest BCUT2D eigenvalue weighted by atomic mass is 16.5. The summed E-state index contributed by atoms with van der Waals surface area (Å²) in [5.41, 5.74) is 1.94. The Hall–Kier alpha value is -1.39. The number of ether oxygens (including phenoxy) is 1. The van der Waals surface area contributed by atoms with Gasteiger partial charge < -0.3 is 15.0 Å². The molecule has 1 aliphatic rings. The van der Waals surface area contributed by atoms with Crippen LogP contribution < -0.4 is 5.32 Å². The van der Waals surface area contributed by atoms with Crippen molar-refractivity contribution in [2.45, 2.75) is 20.4 Å². The molecule has 4 nitrogen and oxygen atoms in total. The van der Waals surface area contributed by atoms with Gasteiger partial charge in [0.15, 0.2) is 0 Å². The second-order valence-electron chi connectivity index (χ2n) is 4.13. The van der Waals surface area contributed by atoms with E-state index in [0.29, 0.717) is 26.3 Å². The van der Waals surface area contributed by atoms with Crippen LogP contribution in [0.1, 0.15) is 29.8 Å². The largest absolute Gasteiger partial charge is 0.378 e. The molecule has 1 aromatic rings. The fourth-order valence-electron chi connectivity index (χ4n) is 1.92. The van der Waals surface area contributed by atoms with E-state index in [-0.39, 0.29) is 5.91 Å². The number of carbonyl (C=O) groups excluding carboxylic acids is 1. The van der Waals surface area contributed by atoms with Crippen molar-refractivity contribution < 1.29 is 9.53 Å². The fraction of sp³-hybridized carbons (Fsp3) is 0.533. The van der Waals surface area contributed by atoms with Gasteiger partial charge in [-0.15, -0.1) is 0 Å². The summed E-state index contributed by atoms with van der Waals surface area (Å²) < 4.78 is 5.23. The molecule has 106 valence electrons. The molecule has 0 saturated carbocycles. The van der Waals surface area contributed by atoms with Gasteiger partial charge in [0.05, 0.1) is 13.2 Å². The predicted octanol–water partition coefficient (Wildman–Crippen LogP) is 1.90. The van der Waals surface area contributed by atoms with Crippen LogP contribution in [0.15, 0.2) is 24.3 Å². The second-order valence-corrected chi connectivity index (χ2v) is 4.13. The molecule has 0 atom stereocenters.